The van der Waals surface area contributed by atoms with Crippen LogP contribution in [-0.4, -0.2) is 11.1 Å². The van der Waals surface area contributed by atoms with Crippen molar-refractivity contribution in [3.05, 3.63) is 39.0 Å². The van der Waals surface area contributed by atoms with Crippen molar-refractivity contribution < 1.29 is 9.90 Å². The van der Waals surface area contributed by atoms with E-state index in [0.717, 1.165) is 12.0 Å². The highest BCUT2D eigenvalue weighted by molar-refractivity contribution is 14.1. The van der Waals surface area contributed by atoms with Crippen molar-refractivity contribution in [3.8, 4) is 0 Å². The molecule has 1 aromatic carbocycles. The van der Waals surface area contributed by atoms with Crippen LogP contribution in [0.5, 0.6) is 0 Å². The van der Waals surface area contributed by atoms with Crippen molar-refractivity contribution in [2.75, 3.05) is 0 Å². The lowest BCUT2D eigenvalue weighted by Crippen LogP contribution is -1.99. The van der Waals surface area contributed by atoms with Gasteiger partial charge >= 0.3 is 5.97 Å². The molecule has 2 unspecified atom stereocenters. The van der Waals surface area contributed by atoms with E-state index in [4.69, 9.17) is 5.11 Å². The number of carbonyl (C=O) groups is 1. The van der Waals surface area contributed by atoms with Crippen LogP contribution in [0.1, 0.15) is 18.9 Å². The fourth-order valence-electron chi connectivity index (χ4n) is 1.90. The van der Waals surface area contributed by atoms with Crippen molar-refractivity contribution in [2.24, 2.45) is 11.8 Å². The third-order valence-corrected chi connectivity index (χ3v) is 3.68. The number of carboxylic acids is 1. The first-order chi connectivity index (χ1) is 7.58. The van der Waals surface area contributed by atoms with Gasteiger partial charge in [-0.25, -0.2) is 0 Å². The Labute approximate surface area is 109 Å². The van der Waals surface area contributed by atoms with Gasteiger partial charge < -0.3 is 5.11 Å². The molecule has 0 spiro atoms. The average molecular weight is 328 g/mol. The molecule has 16 heavy (non-hydrogen) atoms. The summed E-state index contributed by atoms with van der Waals surface area (Å²) in [5.74, 6) is -0.572. The number of hydrogen-bond donors (Lipinski definition) is 1. The Kier molecular flexibility index (Phi) is 3.33. The van der Waals surface area contributed by atoms with Crippen LogP contribution >= 0.6 is 22.6 Å². The molecule has 1 fully saturated rings. The molecule has 0 amide bonds. The van der Waals surface area contributed by atoms with E-state index in [1.165, 1.54) is 9.14 Å². The molecule has 2 rings (SSSR count). The topological polar surface area (TPSA) is 37.3 Å². The summed E-state index contributed by atoms with van der Waals surface area (Å²) in [6.07, 6.45) is 2.88. The summed E-state index contributed by atoms with van der Waals surface area (Å²) in [5.41, 5.74) is 2.32. The van der Waals surface area contributed by atoms with Gasteiger partial charge in [-0.15, -0.1) is 0 Å². The minimum Gasteiger partial charge on any atom is -0.481 e. The molecule has 0 aromatic heterocycles. The zero-order valence-electron chi connectivity index (χ0n) is 8.98. The quantitative estimate of drug-likeness (QED) is 0.864. The van der Waals surface area contributed by atoms with Crippen molar-refractivity contribution in [1.82, 2.24) is 0 Å². The van der Waals surface area contributed by atoms with Gasteiger partial charge in [0.15, 0.2) is 0 Å². The largest absolute Gasteiger partial charge is 0.481 e. The fraction of sp³-hybridized carbons (Fsp3) is 0.308. The van der Waals surface area contributed by atoms with E-state index in [1.54, 1.807) is 0 Å². The standard InChI is InChI=1S/C13H13IO2/c1-8(11-7-12(11)13(15)16)6-9-2-4-10(14)5-3-9/h2-6,11-12H,7H2,1H3,(H,15,16)/b8-6+. The minimum atomic E-state index is -0.666. The minimum absolute atomic E-state index is 0.153. The molecular weight excluding hydrogens is 315 g/mol. The Morgan fingerprint density at radius 1 is 1.38 bits per heavy atom. The molecular formula is C13H13IO2. The molecule has 0 heterocycles. The zero-order chi connectivity index (χ0) is 11.7. The number of allylic oxidation sites excluding steroid dienone is 1. The summed E-state index contributed by atoms with van der Waals surface area (Å²) in [6, 6.07) is 8.23. The van der Waals surface area contributed by atoms with Crippen LogP contribution in [0.4, 0.5) is 0 Å². The van der Waals surface area contributed by atoms with E-state index in [1.807, 2.05) is 6.92 Å². The van der Waals surface area contributed by atoms with Crippen LogP contribution in [0.3, 0.4) is 0 Å². The Morgan fingerprint density at radius 2 is 2.00 bits per heavy atom. The van der Waals surface area contributed by atoms with Crippen molar-refractivity contribution >= 4 is 34.6 Å². The van der Waals surface area contributed by atoms with E-state index in [9.17, 15) is 4.79 Å². The summed E-state index contributed by atoms with van der Waals surface area (Å²) >= 11 is 2.27. The number of carboxylic acid groups (broad SMARTS) is 1. The molecule has 0 radical (unpaired) electrons. The Bertz CT molecular complexity index is 434. The lowest BCUT2D eigenvalue weighted by molar-refractivity contribution is -0.138. The molecule has 84 valence electrons. The van der Waals surface area contributed by atoms with Crippen LogP contribution in [0.2, 0.25) is 0 Å². The van der Waals surface area contributed by atoms with Gasteiger partial charge in [0, 0.05) is 3.57 Å². The van der Waals surface area contributed by atoms with Crippen LogP contribution in [0.25, 0.3) is 6.08 Å². The number of halogens is 1. The SMILES string of the molecule is C/C(=C\c1ccc(I)cc1)C1CC1C(=O)O. The van der Waals surface area contributed by atoms with E-state index in [2.05, 4.69) is 52.9 Å². The lowest BCUT2D eigenvalue weighted by Gasteiger charge is -1.99. The second kappa shape index (κ2) is 4.57. The molecule has 0 aliphatic heterocycles. The second-order valence-electron chi connectivity index (χ2n) is 4.23. The van der Waals surface area contributed by atoms with Crippen molar-refractivity contribution in [2.45, 2.75) is 13.3 Å². The molecule has 0 saturated heterocycles. The highest BCUT2D eigenvalue weighted by atomic mass is 127. The molecule has 2 nitrogen and oxygen atoms in total. The maximum Gasteiger partial charge on any atom is 0.307 e. The highest BCUT2D eigenvalue weighted by Gasteiger charge is 2.43. The first kappa shape index (κ1) is 11.6. The van der Waals surface area contributed by atoms with Gasteiger partial charge in [0.05, 0.1) is 5.92 Å². The Hall–Kier alpha value is -0.840. The molecule has 1 aliphatic carbocycles. The summed E-state index contributed by atoms with van der Waals surface area (Å²) in [7, 11) is 0. The van der Waals surface area contributed by atoms with Gasteiger partial charge in [0.25, 0.3) is 0 Å². The normalized spacial score (nSPS) is 24.2. The van der Waals surface area contributed by atoms with E-state index in [0.29, 0.717) is 0 Å². The predicted octanol–water partition coefficient (Wildman–Crippen LogP) is 3.42. The van der Waals surface area contributed by atoms with Crippen LogP contribution in [-0.2, 0) is 4.79 Å². The maximum absolute atomic E-state index is 10.7. The predicted molar refractivity (Wildman–Crippen MR) is 72.0 cm³/mol. The number of rotatable bonds is 3. The molecule has 2 atom stereocenters. The van der Waals surface area contributed by atoms with Crippen LogP contribution in [0, 0.1) is 15.4 Å². The summed E-state index contributed by atoms with van der Waals surface area (Å²) in [4.78, 5) is 10.7. The van der Waals surface area contributed by atoms with E-state index >= 15 is 0 Å². The maximum atomic E-state index is 10.7. The van der Waals surface area contributed by atoms with Gasteiger partial charge in [0.1, 0.15) is 0 Å². The van der Waals surface area contributed by atoms with E-state index < -0.39 is 5.97 Å². The van der Waals surface area contributed by atoms with Gasteiger partial charge in [0.2, 0.25) is 0 Å². The number of hydrogen-bond acceptors (Lipinski definition) is 1. The van der Waals surface area contributed by atoms with Gasteiger partial charge in [-0.2, -0.15) is 0 Å². The molecule has 1 aromatic rings. The molecule has 3 heteroatoms. The highest BCUT2D eigenvalue weighted by Crippen LogP contribution is 2.44. The van der Waals surface area contributed by atoms with Crippen LogP contribution < -0.4 is 0 Å². The first-order valence-corrected chi connectivity index (χ1v) is 6.32. The van der Waals surface area contributed by atoms with E-state index in [-0.39, 0.29) is 11.8 Å². The number of benzene rings is 1. The van der Waals surface area contributed by atoms with Crippen molar-refractivity contribution in [1.29, 1.82) is 0 Å². The first-order valence-electron chi connectivity index (χ1n) is 5.24. The van der Waals surface area contributed by atoms with Crippen LogP contribution in [0.15, 0.2) is 29.8 Å². The summed E-state index contributed by atoms with van der Waals surface area (Å²) in [5, 5.41) is 8.85. The lowest BCUT2D eigenvalue weighted by atomic mass is 10.1. The van der Waals surface area contributed by atoms with Crippen molar-refractivity contribution in [3.63, 3.8) is 0 Å². The van der Waals surface area contributed by atoms with Gasteiger partial charge in [-0.1, -0.05) is 23.8 Å². The van der Waals surface area contributed by atoms with Gasteiger partial charge in [-0.3, -0.25) is 4.79 Å². The fourth-order valence-corrected chi connectivity index (χ4v) is 2.26. The smallest absolute Gasteiger partial charge is 0.307 e. The Balaban J connectivity index is 2.08. The summed E-state index contributed by atoms with van der Waals surface area (Å²) < 4.78 is 1.21. The zero-order valence-corrected chi connectivity index (χ0v) is 11.1. The monoisotopic (exact) mass is 328 g/mol. The molecule has 0 bridgehead atoms. The molecule has 1 aliphatic rings. The second-order valence-corrected chi connectivity index (χ2v) is 5.47. The third kappa shape index (κ3) is 2.64. The Morgan fingerprint density at radius 3 is 2.50 bits per heavy atom. The average Bonchev–Trinajstić information content (AvgIpc) is 3.01. The summed E-state index contributed by atoms with van der Waals surface area (Å²) in [6.45, 7) is 2.02. The number of aliphatic carboxylic acids is 1. The molecule has 1 N–H and O–H groups in total. The third-order valence-electron chi connectivity index (χ3n) is 2.96. The molecule has 1 saturated carbocycles. The van der Waals surface area contributed by atoms with Gasteiger partial charge in [-0.05, 0) is 59.5 Å².